The maximum Gasteiger partial charge on any atom is 0.408 e. The molecule has 2 heterocycles. The predicted octanol–water partition coefficient (Wildman–Crippen LogP) is 2.80. The van der Waals surface area contributed by atoms with Gasteiger partial charge in [-0.1, -0.05) is 13.8 Å². The number of nitrogens with one attached hydrogen (secondary N) is 3. The number of halogens is 1. The number of carboxylic acid groups (broad SMARTS) is 1. The normalized spacial score (nSPS) is 16.0. The molecule has 228 valence electrons. The van der Waals surface area contributed by atoms with Crippen LogP contribution < -0.4 is 16.0 Å². The van der Waals surface area contributed by atoms with E-state index in [4.69, 9.17) is 25.1 Å². The van der Waals surface area contributed by atoms with Crippen LogP contribution in [0.25, 0.3) is 0 Å². The van der Waals surface area contributed by atoms with Crippen LogP contribution >= 0.6 is 12.4 Å². The van der Waals surface area contributed by atoms with Crippen LogP contribution in [0.4, 0.5) is 9.59 Å². The second-order valence-electron chi connectivity index (χ2n) is 11.1. The molecule has 2 saturated heterocycles. The van der Waals surface area contributed by atoms with Crippen molar-refractivity contribution in [2.45, 2.75) is 91.5 Å². The zero-order chi connectivity index (χ0) is 30.4. The van der Waals surface area contributed by atoms with Gasteiger partial charge in [-0.3, -0.25) is 4.79 Å². The van der Waals surface area contributed by atoms with E-state index in [-0.39, 0.29) is 24.2 Å². The maximum absolute atomic E-state index is 12.1. The largest absolute Gasteiger partial charge is 0.480 e. The van der Waals surface area contributed by atoms with Gasteiger partial charge in [0.25, 0.3) is 0 Å². The quantitative estimate of drug-likeness (QED) is 0.358. The molecule has 2 fully saturated rings. The Kier molecular flexibility index (Phi) is 17.6. The Morgan fingerprint density at radius 3 is 1.52 bits per heavy atom. The first-order valence-electron chi connectivity index (χ1n) is 13.0. The number of hydrogen-bond donors (Lipinski definition) is 4. The summed E-state index contributed by atoms with van der Waals surface area (Å²) in [5.41, 5.74) is -1.20. The Bertz CT molecular complexity index is 910. The van der Waals surface area contributed by atoms with Crippen molar-refractivity contribution in [1.29, 1.82) is 10.5 Å². The predicted molar refractivity (Wildman–Crippen MR) is 149 cm³/mol. The SMILES string of the molecule is CC[C@@H](NC(=O)OC(C)(C)C)C(=O)N1CC(C#N)C1.CC[C@@H](NC(=O)OC(C)(C)C)C(=O)O.Cl.N#CC1CNC1. The minimum atomic E-state index is -1.06. The number of aliphatic carboxylic acids is 1. The van der Waals surface area contributed by atoms with Crippen LogP contribution in [0.1, 0.15) is 68.2 Å². The summed E-state index contributed by atoms with van der Waals surface area (Å²) in [6.45, 7) is 16.6. The number of carboxylic acids is 1. The third kappa shape index (κ3) is 16.6. The fraction of sp³-hybridized carbons (Fsp3) is 0.769. The van der Waals surface area contributed by atoms with Crippen LogP contribution in [-0.4, -0.2) is 83.5 Å². The highest BCUT2D eigenvalue weighted by Gasteiger charge is 2.35. The third-order valence-electron chi connectivity index (χ3n) is 5.13. The number of carbonyl (C=O) groups is 4. The summed E-state index contributed by atoms with van der Waals surface area (Å²) in [5.74, 6) is -0.980. The molecule has 0 aromatic rings. The van der Waals surface area contributed by atoms with Crippen molar-refractivity contribution in [3.05, 3.63) is 0 Å². The van der Waals surface area contributed by atoms with Crippen LogP contribution in [0.3, 0.4) is 0 Å². The second kappa shape index (κ2) is 18.1. The lowest BCUT2D eigenvalue weighted by Gasteiger charge is -2.37. The molecule has 0 radical (unpaired) electrons. The van der Waals surface area contributed by atoms with Crippen LogP contribution in [0, 0.1) is 34.5 Å². The first-order valence-corrected chi connectivity index (χ1v) is 13.0. The summed E-state index contributed by atoms with van der Waals surface area (Å²) in [6, 6.07) is 2.78. The van der Waals surface area contributed by atoms with Crippen molar-refractivity contribution >= 4 is 36.5 Å². The molecule has 2 aliphatic heterocycles. The molecular weight excluding hydrogens is 544 g/mol. The van der Waals surface area contributed by atoms with Gasteiger partial charge in [0, 0.05) is 26.2 Å². The summed E-state index contributed by atoms with van der Waals surface area (Å²) in [5, 5.41) is 33.2. The zero-order valence-corrected chi connectivity index (χ0v) is 25.5. The average molecular weight is 589 g/mol. The molecule has 0 unspecified atom stereocenters. The summed E-state index contributed by atoms with van der Waals surface area (Å²) in [6.07, 6.45) is -0.475. The van der Waals surface area contributed by atoms with E-state index in [9.17, 15) is 19.2 Å². The van der Waals surface area contributed by atoms with Crippen molar-refractivity contribution in [1.82, 2.24) is 20.9 Å². The molecule has 2 atom stereocenters. The summed E-state index contributed by atoms with van der Waals surface area (Å²) < 4.78 is 10.0. The Hall–Kier alpha value is -3.29. The number of hydrogen-bond acceptors (Lipinski definition) is 9. The molecule has 4 N–H and O–H groups in total. The van der Waals surface area contributed by atoms with E-state index in [1.54, 1.807) is 53.4 Å². The van der Waals surface area contributed by atoms with Crippen molar-refractivity contribution < 1.29 is 33.8 Å². The van der Waals surface area contributed by atoms with E-state index in [2.05, 4.69) is 28.1 Å². The number of carbonyl (C=O) groups excluding carboxylic acids is 3. The zero-order valence-electron chi connectivity index (χ0n) is 24.7. The molecule has 2 rings (SSSR count). The highest BCUT2D eigenvalue weighted by Crippen LogP contribution is 2.16. The summed E-state index contributed by atoms with van der Waals surface area (Å²) in [7, 11) is 0. The minimum absolute atomic E-state index is 0. The monoisotopic (exact) mass is 588 g/mol. The second-order valence-corrected chi connectivity index (χ2v) is 11.1. The fourth-order valence-corrected chi connectivity index (χ4v) is 2.92. The molecule has 0 aromatic heterocycles. The number of nitriles is 2. The molecule has 0 saturated carbocycles. The lowest BCUT2D eigenvalue weighted by atomic mass is 10.0. The molecule has 2 aliphatic rings. The van der Waals surface area contributed by atoms with Crippen LogP contribution in [0.15, 0.2) is 0 Å². The first-order chi connectivity index (χ1) is 18.0. The van der Waals surface area contributed by atoms with Gasteiger partial charge in [-0.2, -0.15) is 10.5 Å². The van der Waals surface area contributed by atoms with E-state index in [1.165, 1.54) is 0 Å². The number of amides is 3. The molecule has 0 aromatic carbocycles. The van der Waals surface area contributed by atoms with Gasteiger partial charge >= 0.3 is 18.2 Å². The molecule has 3 amide bonds. The Labute approximate surface area is 243 Å². The number of ether oxygens (including phenoxy) is 2. The Morgan fingerprint density at radius 2 is 1.27 bits per heavy atom. The van der Waals surface area contributed by atoms with Gasteiger partial charge in [0.05, 0.1) is 24.0 Å². The van der Waals surface area contributed by atoms with E-state index in [1.807, 2.05) is 6.92 Å². The van der Waals surface area contributed by atoms with E-state index in [0.717, 1.165) is 13.1 Å². The number of likely N-dealkylation sites (tertiary alicyclic amines) is 1. The smallest absolute Gasteiger partial charge is 0.408 e. The van der Waals surface area contributed by atoms with Gasteiger partial charge in [0.15, 0.2) is 0 Å². The summed E-state index contributed by atoms with van der Waals surface area (Å²) >= 11 is 0. The number of nitrogens with zero attached hydrogens (tertiary/aromatic N) is 3. The van der Waals surface area contributed by atoms with Crippen molar-refractivity contribution in [3.63, 3.8) is 0 Å². The van der Waals surface area contributed by atoms with E-state index >= 15 is 0 Å². The molecule has 0 bridgehead atoms. The molecule has 0 spiro atoms. The average Bonchev–Trinajstić information content (AvgIpc) is 2.72. The van der Waals surface area contributed by atoms with Gasteiger partial charge in [-0.25, -0.2) is 14.4 Å². The van der Waals surface area contributed by atoms with Crippen LogP contribution in [0.2, 0.25) is 0 Å². The van der Waals surface area contributed by atoms with Gasteiger partial charge in [-0.05, 0) is 54.4 Å². The van der Waals surface area contributed by atoms with E-state index < -0.39 is 41.4 Å². The van der Waals surface area contributed by atoms with Gasteiger partial charge in [-0.15, -0.1) is 12.4 Å². The van der Waals surface area contributed by atoms with Gasteiger partial charge in [0.1, 0.15) is 23.3 Å². The highest BCUT2D eigenvalue weighted by atomic mass is 35.5. The number of alkyl carbamates (subject to hydrolysis) is 2. The van der Waals surface area contributed by atoms with Gasteiger partial charge < -0.3 is 35.4 Å². The first kappa shape index (κ1) is 38.9. The molecular formula is C26H45ClN6O7. The Balaban J connectivity index is 0. The van der Waals surface area contributed by atoms with Crippen molar-refractivity contribution in [2.75, 3.05) is 26.2 Å². The lowest BCUT2D eigenvalue weighted by molar-refractivity contribution is -0.140. The molecule has 0 aliphatic carbocycles. The Morgan fingerprint density at radius 1 is 0.875 bits per heavy atom. The minimum Gasteiger partial charge on any atom is -0.480 e. The lowest BCUT2D eigenvalue weighted by Crippen LogP contribution is -2.56. The molecule has 40 heavy (non-hydrogen) atoms. The van der Waals surface area contributed by atoms with Crippen LogP contribution in [-0.2, 0) is 19.1 Å². The molecule has 13 nitrogen and oxygen atoms in total. The van der Waals surface area contributed by atoms with Crippen molar-refractivity contribution in [2.24, 2.45) is 11.8 Å². The third-order valence-corrected chi connectivity index (χ3v) is 5.13. The number of rotatable bonds is 6. The van der Waals surface area contributed by atoms with Gasteiger partial charge in [0.2, 0.25) is 5.91 Å². The highest BCUT2D eigenvalue weighted by molar-refractivity contribution is 5.86. The van der Waals surface area contributed by atoms with E-state index in [0.29, 0.717) is 31.8 Å². The van der Waals surface area contributed by atoms with Crippen molar-refractivity contribution in [3.8, 4) is 12.1 Å². The topological polar surface area (TPSA) is 194 Å². The fourth-order valence-electron chi connectivity index (χ4n) is 2.92. The van der Waals surface area contributed by atoms with Crippen LogP contribution in [0.5, 0.6) is 0 Å². The maximum atomic E-state index is 12.1. The standard InChI is InChI=1S/C13H21N3O3.C9H17NO4.C4H6N2.ClH/c1-5-10(15-12(18)19-13(2,3)4)11(17)16-7-9(6-14)8-16;1-5-6(7(11)12)10-8(13)14-9(2,3)4;5-1-4-2-6-3-4;/h9-10H,5,7-8H2,1-4H3,(H,15,18);6H,5H2,1-4H3,(H,10,13)(H,11,12);4,6H,2-3H2;1H/t10-;6-;;/m11../s1. The summed E-state index contributed by atoms with van der Waals surface area (Å²) in [4.78, 5) is 47.0. The molecule has 14 heteroatoms.